The number of amides is 2. The summed E-state index contributed by atoms with van der Waals surface area (Å²) in [5, 5.41) is 2.79. The molecule has 1 saturated heterocycles. The molecule has 2 amide bonds. The van der Waals surface area contributed by atoms with Gasteiger partial charge in [0.25, 0.3) is 0 Å². The molecule has 31 heavy (non-hydrogen) atoms. The molecule has 0 bridgehead atoms. The van der Waals surface area contributed by atoms with Crippen molar-refractivity contribution in [2.24, 2.45) is 5.92 Å². The molecule has 0 radical (unpaired) electrons. The van der Waals surface area contributed by atoms with Crippen LogP contribution in [-0.2, 0) is 16.0 Å². The smallest absolute Gasteiger partial charge is 0.239 e. The van der Waals surface area contributed by atoms with Crippen LogP contribution >= 0.6 is 11.3 Å². The maximum atomic E-state index is 13.8. The maximum absolute atomic E-state index is 13.8. The van der Waals surface area contributed by atoms with Crippen molar-refractivity contribution in [3.63, 3.8) is 0 Å². The molecule has 1 aliphatic rings. The third kappa shape index (κ3) is 4.58. The lowest BCUT2D eigenvalue weighted by Crippen LogP contribution is -2.33. The van der Waals surface area contributed by atoms with Gasteiger partial charge in [0.1, 0.15) is 29.2 Å². The zero-order valence-electron chi connectivity index (χ0n) is 15.9. The number of rotatable bonds is 5. The minimum Gasteiger partial charge on any atom is -0.311 e. The molecule has 1 N–H and O–H groups in total. The Morgan fingerprint density at radius 2 is 1.84 bits per heavy atom. The van der Waals surface area contributed by atoms with Crippen LogP contribution in [0.3, 0.4) is 0 Å². The molecule has 0 spiro atoms. The predicted molar refractivity (Wildman–Crippen MR) is 107 cm³/mol. The zero-order valence-corrected chi connectivity index (χ0v) is 16.7. The molecular formula is C21H15F4N3O2S. The molecule has 1 fully saturated rings. The lowest BCUT2D eigenvalue weighted by Gasteiger charge is -2.16. The molecule has 2 heterocycles. The van der Waals surface area contributed by atoms with Crippen molar-refractivity contribution >= 4 is 34.0 Å². The van der Waals surface area contributed by atoms with Crippen LogP contribution in [0.15, 0.2) is 42.6 Å². The second-order valence-corrected chi connectivity index (χ2v) is 8.11. The number of halogens is 4. The number of nitrogens with one attached hydrogen (secondary N) is 1. The predicted octanol–water partition coefficient (Wildman–Crippen LogP) is 4.28. The van der Waals surface area contributed by atoms with E-state index < -0.39 is 41.0 Å². The number of nitrogens with zero attached hydrogens (tertiary/aromatic N) is 2. The normalized spacial score (nSPS) is 16.1. The number of benzene rings is 2. The zero-order chi connectivity index (χ0) is 22.1. The van der Waals surface area contributed by atoms with Crippen molar-refractivity contribution in [3.8, 4) is 0 Å². The highest BCUT2D eigenvalue weighted by Crippen LogP contribution is 2.29. The van der Waals surface area contributed by atoms with Gasteiger partial charge in [0.2, 0.25) is 11.8 Å². The van der Waals surface area contributed by atoms with Crippen LogP contribution in [0, 0.1) is 29.2 Å². The first-order valence-electron chi connectivity index (χ1n) is 9.27. The van der Waals surface area contributed by atoms with Crippen LogP contribution in [0.5, 0.6) is 0 Å². The van der Waals surface area contributed by atoms with Crippen molar-refractivity contribution in [2.75, 3.05) is 16.8 Å². The number of aromatic nitrogens is 1. The van der Waals surface area contributed by atoms with Gasteiger partial charge in [0, 0.05) is 41.9 Å². The quantitative estimate of drug-likeness (QED) is 0.467. The largest absolute Gasteiger partial charge is 0.311 e. The summed E-state index contributed by atoms with van der Waals surface area (Å²) in [6.45, 7) is 0.146. The van der Waals surface area contributed by atoms with Crippen molar-refractivity contribution in [3.05, 3.63) is 76.3 Å². The standard InChI is InChI=1S/C21H15F4N3O2S/c22-12-2-1-11(18(25)9-12)5-16-10-26-21(31-16)27-19(29)17-3-4-28(20(17)30)15-7-13(23)6-14(24)8-15/h1-2,6-10,17H,3-5H2,(H,26,27,29). The Kier molecular flexibility index (Phi) is 5.73. The average molecular weight is 449 g/mol. The number of hydrogen-bond donors (Lipinski definition) is 1. The number of carbonyl (C=O) groups excluding carboxylic acids is 2. The first-order chi connectivity index (χ1) is 14.8. The van der Waals surface area contributed by atoms with Gasteiger partial charge in [-0.2, -0.15) is 0 Å². The monoisotopic (exact) mass is 449 g/mol. The lowest BCUT2D eigenvalue weighted by molar-refractivity contribution is -0.129. The van der Waals surface area contributed by atoms with Gasteiger partial charge in [0.15, 0.2) is 5.13 Å². The highest BCUT2D eigenvalue weighted by atomic mass is 32.1. The summed E-state index contributed by atoms with van der Waals surface area (Å²) in [4.78, 5) is 31.0. The van der Waals surface area contributed by atoms with Crippen LogP contribution in [0.25, 0.3) is 0 Å². The van der Waals surface area contributed by atoms with E-state index in [2.05, 4.69) is 10.3 Å². The molecule has 160 valence electrons. The third-order valence-corrected chi connectivity index (χ3v) is 5.76. The summed E-state index contributed by atoms with van der Waals surface area (Å²) in [6, 6.07) is 6.05. The van der Waals surface area contributed by atoms with Gasteiger partial charge >= 0.3 is 0 Å². The molecule has 1 aliphatic heterocycles. The highest BCUT2D eigenvalue weighted by Gasteiger charge is 2.38. The van der Waals surface area contributed by atoms with Gasteiger partial charge in [-0.05, 0) is 30.2 Å². The fraction of sp³-hybridized carbons (Fsp3) is 0.190. The van der Waals surface area contributed by atoms with Crippen molar-refractivity contribution < 1.29 is 27.2 Å². The molecule has 1 aromatic heterocycles. The van der Waals surface area contributed by atoms with Crippen molar-refractivity contribution in [1.29, 1.82) is 0 Å². The fourth-order valence-electron chi connectivity index (χ4n) is 3.37. The third-order valence-electron chi connectivity index (χ3n) is 4.84. The van der Waals surface area contributed by atoms with Gasteiger partial charge in [-0.25, -0.2) is 22.5 Å². The fourth-order valence-corrected chi connectivity index (χ4v) is 4.21. The van der Waals surface area contributed by atoms with E-state index in [1.54, 1.807) is 0 Å². The first-order valence-corrected chi connectivity index (χ1v) is 10.1. The number of anilines is 2. The number of thiazole rings is 1. The summed E-state index contributed by atoms with van der Waals surface area (Å²) in [6.07, 6.45) is 1.81. The highest BCUT2D eigenvalue weighted by molar-refractivity contribution is 7.15. The van der Waals surface area contributed by atoms with Crippen LogP contribution in [0.2, 0.25) is 0 Å². The van der Waals surface area contributed by atoms with E-state index in [4.69, 9.17) is 0 Å². The molecule has 0 aliphatic carbocycles. The summed E-state index contributed by atoms with van der Waals surface area (Å²) in [5.41, 5.74) is 0.336. The molecule has 4 rings (SSSR count). The van der Waals surface area contributed by atoms with E-state index in [1.165, 1.54) is 17.2 Å². The summed E-state index contributed by atoms with van der Waals surface area (Å²) >= 11 is 1.10. The molecule has 1 unspecified atom stereocenters. The van der Waals surface area contributed by atoms with Gasteiger partial charge < -0.3 is 10.2 Å². The SMILES string of the molecule is O=C(Nc1ncc(Cc2ccc(F)cc2F)s1)C1CCN(c2cc(F)cc(F)c2)C1=O. The molecule has 3 aromatic rings. The van der Waals surface area contributed by atoms with E-state index in [9.17, 15) is 27.2 Å². The Hall–Kier alpha value is -3.27. The average Bonchev–Trinajstić information content (AvgIpc) is 3.29. The van der Waals surface area contributed by atoms with Crippen molar-refractivity contribution in [2.45, 2.75) is 12.8 Å². The Bertz CT molecular complexity index is 1150. The van der Waals surface area contributed by atoms with Crippen LogP contribution in [0.4, 0.5) is 28.4 Å². The summed E-state index contributed by atoms with van der Waals surface area (Å²) in [5.74, 6) is -5.15. The second kappa shape index (κ2) is 8.46. The topological polar surface area (TPSA) is 62.3 Å². The molecule has 10 heteroatoms. The molecule has 5 nitrogen and oxygen atoms in total. The van der Waals surface area contributed by atoms with E-state index in [0.29, 0.717) is 10.9 Å². The van der Waals surface area contributed by atoms with Crippen LogP contribution in [-0.4, -0.2) is 23.3 Å². The Balaban J connectivity index is 1.41. The number of hydrogen-bond acceptors (Lipinski definition) is 4. The lowest BCUT2D eigenvalue weighted by atomic mass is 10.1. The van der Waals surface area contributed by atoms with Crippen LogP contribution < -0.4 is 10.2 Å². The minimum atomic E-state index is -1.02. The molecule has 1 atom stereocenters. The summed E-state index contributed by atoms with van der Waals surface area (Å²) < 4.78 is 53.7. The number of carbonyl (C=O) groups is 2. The van der Waals surface area contributed by atoms with Crippen molar-refractivity contribution in [1.82, 2.24) is 4.98 Å². The van der Waals surface area contributed by atoms with E-state index >= 15 is 0 Å². The Morgan fingerprint density at radius 1 is 1.10 bits per heavy atom. The maximum Gasteiger partial charge on any atom is 0.239 e. The van der Waals surface area contributed by atoms with Crippen LogP contribution in [0.1, 0.15) is 16.9 Å². The summed E-state index contributed by atoms with van der Waals surface area (Å²) in [7, 11) is 0. The second-order valence-electron chi connectivity index (χ2n) is 6.99. The van der Waals surface area contributed by atoms with E-state index in [-0.39, 0.29) is 35.8 Å². The van der Waals surface area contributed by atoms with Gasteiger partial charge in [-0.3, -0.25) is 9.59 Å². The van der Waals surface area contributed by atoms with E-state index in [0.717, 1.165) is 35.6 Å². The van der Waals surface area contributed by atoms with E-state index in [1.807, 2.05) is 0 Å². The van der Waals surface area contributed by atoms with Gasteiger partial charge in [-0.1, -0.05) is 6.07 Å². The molecule has 0 saturated carbocycles. The molecular weight excluding hydrogens is 434 g/mol. The molecule has 2 aromatic carbocycles. The Labute approximate surface area is 178 Å². The first kappa shape index (κ1) is 21.0. The van der Waals surface area contributed by atoms with Gasteiger partial charge in [-0.15, -0.1) is 11.3 Å². The van der Waals surface area contributed by atoms with Gasteiger partial charge in [0.05, 0.1) is 0 Å². The minimum absolute atomic E-state index is 0.0515. The Morgan fingerprint density at radius 3 is 2.55 bits per heavy atom.